The Morgan fingerprint density at radius 2 is 2.50 bits per heavy atom. The first-order chi connectivity index (χ1) is 3.89. The molecule has 0 aromatic carbocycles. The van der Waals surface area contributed by atoms with Gasteiger partial charge in [0.15, 0.2) is 0 Å². The lowest BCUT2D eigenvalue weighted by Crippen LogP contribution is -1.77. The second kappa shape index (κ2) is 2.65. The molecule has 0 atom stereocenters. The highest BCUT2D eigenvalue weighted by Gasteiger charge is 1.89. The van der Waals surface area contributed by atoms with E-state index < -0.39 is 0 Å². The van der Waals surface area contributed by atoms with E-state index in [1.54, 1.807) is 0 Å². The number of allylic oxidation sites excluding steroid dienone is 1. The van der Waals surface area contributed by atoms with Crippen molar-refractivity contribution in [1.29, 1.82) is 0 Å². The number of nitrogens with zero attached hydrogens (tertiary/aromatic N) is 1. The van der Waals surface area contributed by atoms with Crippen LogP contribution in [0.5, 0.6) is 0 Å². The monoisotopic (exact) mass is 109 g/mol. The Morgan fingerprint density at radius 1 is 1.62 bits per heavy atom. The molecule has 1 heterocycles. The molecule has 0 spiro atoms. The maximum absolute atomic E-state index is 4.14. The molecule has 0 saturated carbocycles. The lowest BCUT2D eigenvalue weighted by atomic mass is 10.2. The van der Waals surface area contributed by atoms with E-state index in [1.165, 1.54) is 5.57 Å². The summed E-state index contributed by atoms with van der Waals surface area (Å²) in [6.07, 6.45) is 6.40. The van der Waals surface area contributed by atoms with Crippen LogP contribution in [0.2, 0.25) is 0 Å². The summed E-state index contributed by atoms with van der Waals surface area (Å²) in [7, 11) is 0. The number of rotatable bonds is 0. The summed E-state index contributed by atoms with van der Waals surface area (Å²) in [4.78, 5) is 4.14. The van der Waals surface area contributed by atoms with Crippen LogP contribution in [-0.4, -0.2) is 12.8 Å². The van der Waals surface area contributed by atoms with Crippen LogP contribution >= 0.6 is 0 Å². The summed E-state index contributed by atoms with van der Waals surface area (Å²) >= 11 is 0. The molecule has 1 nitrogen and oxygen atoms in total. The van der Waals surface area contributed by atoms with Crippen LogP contribution < -0.4 is 0 Å². The fourth-order valence-corrected chi connectivity index (χ4v) is 0.763. The molecule has 1 heteroatoms. The van der Waals surface area contributed by atoms with Crippen molar-refractivity contribution in [2.24, 2.45) is 4.99 Å². The van der Waals surface area contributed by atoms with E-state index in [9.17, 15) is 0 Å². The average molecular weight is 109 g/mol. The lowest BCUT2D eigenvalue weighted by molar-refractivity contribution is 0.962. The molecule has 0 aliphatic carbocycles. The molecule has 1 rings (SSSR count). The van der Waals surface area contributed by atoms with Gasteiger partial charge in [0.1, 0.15) is 0 Å². The zero-order valence-electron chi connectivity index (χ0n) is 5.22. The summed E-state index contributed by atoms with van der Waals surface area (Å²) in [5, 5.41) is 0. The average Bonchev–Trinajstić information content (AvgIpc) is 1.94. The van der Waals surface area contributed by atoms with E-state index in [0.29, 0.717) is 0 Å². The van der Waals surface area contributed by atoms with Crippen molar-refractivity contribution in [3.05, 3.63) is 11.6 Å². The van der Waals surface area contributed by atoms with E-state index >= 15 is 0 Å². The van der Waals surface area contributed by atoms with Crippen molar-refractivity contribution >= 4 is 6.21 Å². The quantitative estimate of drug-likeness (QED) is 0.420. The fourth-order valence-electron chi connectivity index (χ4n) is 0.763. The summed E-state index contributed by atoms with van der Waals surface area (Å²) in [6, 6.07) is 0. The Balaban J connectivity index is 2.48. The zero-order chi connectivity index (χ0) is 5.82. The predicted molar refractivity (Wildman–Crippen MR) is 36.4 cm³/mol. The molecular weight excluding hydrogens is 98.1 g/mol. The van der Waals surface area contributed by atoms with Crippen LogP contribution in [0, 0.1) is 0 Å². The standard InChI is InChI=1S/C7H11N/c1-7-3-2-5-8-6-4-7/h3,5H,2,4,6H2,1H3. The maximum atomic E-state index is 4.14. The van der Waals surface area contributed by atoms with Gasteiger partial charge in [0.2, 0.25) is 0 Å². The van der Waals surface area contributed by atoms with Gasteiger partial charge < -0.3 is 0 Å². The predicted octanol–water partition coefficient (Wildman–Crippen LogP) is 1.80. The molecule has 0 unspecified atom stereocenters. The van der Waals surface area contributed by atoms with Gasteiger partial charge in [-0.2, -0.15) is 0 Å². The van der Waals surface area contributed by atoms with Gasteiger partial charge in [-0.05, 0) is 13.3 Å². The number of aliphatic imine (C=N–C) groups is 1. The van der Waals surface area contributed by atoms with Crippen molar-refractivity contribution in [2.45, 2.75) is 19.8 Å². The number of hydrogen-bond acceptors (Lipinski definition) is 1. The summed E-state index contributed by atoms with van der Waals surface area (Å²) < 4.78 is 0. The highest BCUT2D eigenvalue weighted by atomic mass is 14.7. The van der Waals surface area contributed by atoms with Gasteiger partial charge in [-0.25, -0.2) is 0 Å². The van der Waals surface area contributed by atoms with Crippen molar-refractivity contribution in [1.82, 2.24) is 0 Å². The molecule has 1 aliphatic heterocycles. The first-order valence-corrected chi connectivity index (χ1v) is 3.03. The van der Waals surface area contributed by atoms with E-state index in [-0.39, 0.29) is 0 Å². The summed E-state index contributed by atoms with van der Waals surface area (Å²) in [6.45, 7) is 3.15. The first kappa shape index (κ1) is 5.54. The lowest BCUT2D eigenvalue weighted by Gasteiger charge is -1.89. The SMILES string of the molecule is CC1=CCC=NCC1. The molecule has 0 aromatic rings. The van der Waals surface area contributed by atoms with E-state index in [1.807, 2.05) is 6.21 Å². The van der Waals surface area contributed by atoms with Gasteiger partial charge in [0.25, 0.3) is 0 Å². The van der Waals surface area contributed by atoms with Crippen molar-refractivity contribution in [3.8, 4) is 0 Å². The molecule has 8 heavy (non-hydrogen) atoms. The minimum Gasteiger partial charge on any atom is -0.297 e. The molecule has 0 bridgehead atoms. The van der Waals surface area contributed by atoms with E-state index in [4.69, 9.17) is 0 Å². The van der Waals surface area contributed by atoms with Crippen LogP contribution in [0.1, 0.15) is 19.8 Å². The highest BCUT2D eigenvalue weighted by Crippen LogP contribution is 2.03. The second-order valence-electron chi connectivity index (χ2n) is 2.12. The minimum atomic E-state index is 0.988. The highest BCUT2D eigenvalue weighted by molar-refractivity contribution is 5.60. The van der Waals surface area contributed by atoms with Crippen LogP contribution in [-0.2, 0) is 0 Å². The van der Waals surface area contributed by atoms with Gasteiger partial charge in [-0.3, -0.25) is 4.99 Å². The van der Waals surface area contributed by atoms with Gasteiger partial charge >= 0.3 is 0 Å². The van der Waals surface area contributed by atoms with E-state index in [0.717, 1.165) is 19.4 Å². The maximum Gasteiger partial charge on any atom is 0.0422 e. The van der Waals surface area contributed by atoms with Crippen LogP contribution in [0.25, 0.3) is 0 Å². The Bertz CT molecular complexity index is 122. The second-order valence-corrected chi connectivity index (χ2v) is 2.12. The molecule has 0 radical (unpaired) electrons. The first-order valence-electron chi connectivity index (χ1n) is 3.03. The van der Waals surface area contributed by atoms with Gasteiger partial charge in [-0.15, -0.1) is 0 Å². The smallest absolute Gasteiger partial charge is 0.0422 e. The van der Waals surface area contributed by atoms with Crippen molar-refractivity contribution < 1.29 is 0 Å². The molecular formula is C7H11N. The molecule has 0 amide bonds. The van der Waals surface area contributed by atoms with Gasteiger partial charge in [-0.1, -0.05) is 11.6 Å². The largest absolute Gasteiger partial charge is 0.297 e. The van der Waals surface area contributed by atoms with E-state index in [2.05, 4.69) is 18.0 Å². The Labute approximate surface area is 50.1 Å². The summed E-state index contributed by atoms with van der Waals surface area (Å²) in [5.74, 6) is 0. The van der Waals surface area contributed by atoms with Crippen LogP contribution in [0.3, 0.4) is 0 Å². The van der Waals surface area contributed by atoms with Gasteiger partial charge in [0.05, 0.1) is 0 Å². The Kier molecular flexibility index (Phi) is 1.84. The molecule has 0 aromatic heterocycles. The zero-order valence-corrected chi connectivity index (χ0v) is 5.22. The molecule has 0 N–H and O–H groups in total. The molecule has 44 valence electrons. The minimum absolute atomic E-state index is 0.988. The molecule has 0 fully saturated rings. The Morgan fingerprint density at radius 3 is 3.38 bits per heavy atom. The van der Waals surface area contributed by atoms with Crippen LogP contribution in [0.4, 0.5) is 0 Å². The normalized spacial score (nSPS) is 19.9. The van der Waals surface area contributed by atoms with Gasteiger partial charge in [0, 0.05) is 19.2 Å². The van der Waals surface area contributed by atoms with Crippen molar-refractivity contribution in [3.63, 3.8) is 0 Å². The fraction of sp³-hybridized carbons (Fsp3) is 0.571. The molecule has 0 saturated heterocycles. The molecule has 1 aliphatic rings. The third kappa shape index (κ3) is 1.49. The number of hydrogen-bond donors (Lipinski definition) is 0. The summed E-state index contributed by atoms with van der Waals surface area (Å²) in [5.41, 5.74) is 1.47. The third-order valence-electron chi connectivity index (χ3n) is 1.34. The Hall–Kier alpha value is -0.590. The topological polar surface area (TPSA) is 12.4 Å². The van der Waals surface area contributed by atoms with Crippen LogP contribution in [0.15, 0.2) is 16.6 Å². The third-order valence-corrected chi connectivity index (χ3v) is 1.34. The van der Waals surface area contributed by atoms with Crippen molar-refractivity contribution in [2.75, 3.05) is 6.54 Å².